The monoisotopic (exact) mass is 515 g/mol. The fraction of sp³-hybridized carbons (Fsp3) is 0.250. The summed E-state index contributed by atoms with van der Waals surface area (Å²) in [5, 5.41) is 10.7. The quantitative estimate of drug-likeness (QED) is 0.441. The molecule has 1 saturated heterocycles. The smallest absolute Gasteiger partial charge is 0.278 e. The second-order valence-corrected chi connectivity index (χ2v) is 10.1. The van der Waals surface area contributed by atoms with Crippen molar-refractivity contribution in [2.45, 2.75) is 17.9 Å². The number of rotatable bonds is 0. The molecule has 2 aromatic carbocycles. The third-order valence-electron chi connectivity index (χ3n) is 5.86. The molecule has 33 heavy (non-hydrogen) atoms. The van der Waals surface area contributed by atoms with Gasteiger partial charge in [-0.05, 0) is 0 Å². The minimum Gasteiger partial charge on any atom is -0.502 e. The molecular weight excluding hydrogens is 492 g/mol. The van der Waals surface area contributed by atoms with Crippen molar-refractivity contribution in [2.24, 2.45) is 0 Å². The summed E-state index contributed by atoms with van der Waals surface area (Å²) in [4.78, 5) is 25.0. The van der Waals surface area contributed by atoms with E-state index in [0.29, 0.717) is 34.7 Å². The summed E-state index contributed by atoms with van der Waals surface area (Å²) in [5.74, 6) is -0.984. The zero-order valence-electron chi connectivity index (χ0n) is 17.7. The van der Waals surface area contributed by atoms with E-state index in [1.54, 1.807) is 17.0 Å². The molecule has 0 radical (unpaired) electrons. The standard InChI is InChI=1S/C14H11FSe.C10H11N3O4/c15-13-6-5-10-7-11-3-1-2-4-14(11)16-9-12(10)8-13;14-6-1-2-13-8(9(6)15)10(16)12-3-4-17-5-7(12)11-13/h1-6,8H,7,9H2;1-2,7,11,15H,3-5H2. The predicted octanol–water partition coefficient (Wildman–Crippen LogP) is 1.17. The van der Waals surface area contributed by atoms with Crippen molar-refractivity contribution in [3.05, 3.63) is 93.2 Å². The van der Waals surface area contributed by atoms with Crippen molar-refractivity contribution in [3.63, 3.8) is 0 Å². The van der Waals surface area contributed by atoms with Crippen molar-refractivity contribution >= 4 is 25.3 Å². The molecule has 3 aliphatic rings. The van der Waals surface area contributed by atoms with Crippen molar-refractivity contribution in [1.29, 1.82) is 0 Å². The van der Waals surface area contributed by atoms with Crippen molar-refractivity contribution < 1.29 is 19.0 Å². The van der Waals surface area contributed by atoms with Gasteiger partial charge in [0.25, 0.3) is 5.91 Å². The molecule has 1 unspecified atom stereocenters. The number of carbonyl (C=O) groups excluding carboxylic acids is 1. The molecule has 3 aliphatic heterocycles. The first kappa shape index (κ1) is 21.7. The summed E-state index contributed by atoms with van der Waals surface area (Å²) in [6, 6.07) is 15.0. The van der Waals surface area contributed by atoms with Gasteiger partial charge in [0, 0.05) is 18.8 Å². The molecule has 0 saturated carbocycles. The molecule has 9 heteroatoms. The van der Waals surface area contributed by atoms with Gasteiger partial charge in [0.15, 0.2) is 11.4 Å². The second-order valence-electron chi connectivity index (χ2n) is 7.95. The number of halogens is 1. The van der Waals surface area contributed by atoms with Crippen LogP contribution in [0.15, 0.2) is 59.5 Å². The van der Waals surface area contributed by atoms with Crippen LogP contribution in [-0.2, 0) is 16.5 Å². The first-order valence-corrected chi connectivity index (χ1v) is 12.7. The molecule has 1 fully saturated rings. The number of morpholine rings is 1. The van der Waals surface area contributed by atoms with E-state index in [0.717, 1.165) is 11.7 Å². The fourth-order valence-corrected chi connectivity index (χ4v) is 6.41. The van der Waals surface area contributed by atoms with E-state index in [2.05, 4.69) is 29.7 Å². The van der Waals surface area contributed by atoms with Crippen LogP contribution in [-0.4, -0.2) is 61.5 Å². The van der Waals surface area contributed by atoms with Crippen LogP contribution in [0.5, 0.6) is 5.75 Å². The van der Waals surface area contributed by atoms with E-state index in [4.69, 9.17) is 4.74 Å². The average Bonchev–Trinajstić information content (AvgIpc) is 3.01. The van der Waals surface area contributed by atoms with Crippen LogP contribution in [0.3, 0.4) is 0 Å². The number of benzene rings is 2. The molecule has 1 aromatic heterocycles. The number of nitrogens with one attached hydrogen (secondary N) is 1. The molecule has 1 amide bonds. The van der Waals surface area contributed by atoms with Gasteiger partial charge in [-0.1, -0.05) is 0 Å². The second kappa shape index (κ2) is 9.02. The Morgan fingerprint density at radius 3 is 2.82 bits per heavy atom. The van der Waals surface area contributed by atoms with Crippen molar-refractivity contribution in [1.82, 2.24) is 9.58 Å². The van der Waals surface area contributed by atoms with E-state index in [1.165, 1.54) is 38.1 Å². The van der Waals surface area contributed by atoms with Crippen molar-refractivity contribution in [3.8, 4) is 5.75 Å². The van der Waals surface area contributed by atoms with Crippen molar-refractivity contribution in [2.75, 3.05) is 25.2 Å². The van der Waals surface area contributed by atoms with Crippen LogP contribution in [0.25, 0.3) is 0 Å². The van der Waals surface area contributed by atoms with Crippen LogP contribution in [0, 0.1) is 5.82 Å². The van der Waals surface area contributed by atoms with Gasteiger partial charge in [-0.25, -0.2) is 0 Å². The summed E-state index contributed by atoms with van der Waals surface area (Å²) in [7, 11) is 0. The fourth-order valence-electron chi connectivity index (χ4n) is 4.14. The molecule has 0 aliphatic carbocycles. The number of carbonyl (C=O) groups is 1. The van der Waals surface area contributed by atoms with E-state index in [1.807, 2.05) is 6.07 Å². The first-order chi connectivity index (χ1) is 16.0. The zero-order chi connectivity index (χ0) is 22.9. The predicted molar refractivity (Wildman–Crippen MR) is 122 cm³/mol. The van der Waals surface area contributed by atoms with E-state index in [9.17, 15) is 19.1 Å². The Morgan fingerprint density at radius 1 is 1.09 bits per heavy atom. The number of ether oxygens (including phenoxy) is 1. The maximum Gasteiger partial charge on any atom is 0.278 e. The number of pyridine rings is 1. The van der Waals surface area contributed by atoms with Gasteiger partial charge in [-0.2, -0.15) is 0 Å². The minimum atomic E-state index is -0.557. The van der Waals surface area contributed by atoms with Gasteiger partial charge in [-0.3, -0.25) is 14.3 Å². The van der Waals surface area contributed by atoms with Gasteiger partial charge < -0.3 is 20.2 Å². The molecule has 3 aromatic rings. The summed E-state index contributed by atoms with van der Waals surface area (Å²) >= 11 is 0.440. The Balaban J connectivity index is 0.000000139. The number of hydrogen-bond acceptors (Lipinski definition) is 5. The Labute approximate surface area is 195 Å². The number of fused-ring (bicyclic) bond motifs is 4. The maximum absolute atomic E-state index is 13.2. The van der Waals surface area contributed by atoms with Crippen LogP contribution in [0.1, 0.15) is 27.2 Å². The van der Waals surface area contributed by atoms with Crippen LogP contribution in [0.4, 0.5) is 4.39 Å². The Morgan fingerprint density at radius 2 is 1.94 bits per heavy atom. The van der Waals surface area contributed by atoms with E-state index < -0.39 is 11.2 Å². The third kappa shape index (κ3) is 4.27. The number of aromatic hydroxyl groups is 1. The maximum atomic E-state index is 13.2. The van der Waals surface area contributed by atoms with E-state index in [-0.39, 0.29) is 23.6 Å². The molecule has 2 N–H and O–H groups in total. The van der Waals surface area contributed by atoms with Gasteiger partial charge in [0.1, 0.15) is 6.17 Å². The summed E-state index contributed by atoms with van der Waals surface area (Å²) in [5.41, 5.74) is 6.31. The number of hydrogen-bond donors (Lipinski definition) is 2. The Bertz CT molecular complexity index is 1280. The SMILES string of the molecule is Fc1ccc2c(c1)C[Se]c1ccccc1C2.O=C1c2c(O)c(=O)ccn2NC2COCCN12. The van der Waals surface area contributed by atoms with Crippen LogP contribution >= 0.6 is 0 Å². The minimum absolute atomic E-state index is 0.0179. The molecule has 170 valence electrons. The summed E-state index contributed by atoms with van der Waals surface area (Å²) in [6.07, 6.45) is 2.13. The number of amides is 1. The first-order valence-electron chi connectivity index (χ1n) is 10.6. The largest absolute Gasteiger partial charge is 0.502 e. The molecule has 0 spiro atoms. The molecular formula is C24H22FN3O4Se. The molecule has 6 rings (SSSR count). The molecule has 0 bridgehead atoms. The van der Waals surface area contributed by atoms with Gasteiger partial charge in [0.05, 0.1) is 13.2 Å². The third-order valence-corrected chi connectivity index (χ3v) is 8.30. The van der Waals surface area contributed by atoms with E-state index >= 15 is 0 Å². The normalized spacial score (nSPS) is 18.4. The van der Waals surface area contributed by atoms with Crippen LogP contribution in [0.2, 0.25) is 0 Å². The van der Waals surface area contributed by atoms with Gasteiger partial charge in [-0.15, -0.1) is 0 Å². The van der Waals surface area contributed by atoms with Crippen LogP contribution < -0.4 is 15.3 Å². The average molecular weight is 514 g/mol. The number of nitrogens with zero attached hydrogens (tertiary/aromatic N) is 2. The number of aromatic nitrogens is 1. The van der Waals surface area contributed by atoms with Gasteiger partial charge >= 0.3 is 101 Å². The van der Waals surface area contributed by atoms with Gasteiger partial charge in [0.2, 0.25) is 5.43 Å². The summed E-state index contributed by atoms with van der Waals surface area (Å²) in [6.45, 7) is 1.29. The Hall–Kier alpha value is -3.13. The summed E-state index contributed by atoms with van der Waals surface area (Å²) < 4.78 is 21.3. The zero-order valence-corrected chi connectivity index (χ0v) is 19.4. The Kier molecular flexibility index (Phi) is 5.93. The topological polar surface area (TPSA) is 83.8 Å². The molecule has 1 atom stereocenters. The molecule has 4 heterocycles. The molecule has 7 nitrogen and oxygen atoms in total.